The molecule has 116 valence electrons. The molecule has 2 fully saturated rings. The highest BCUT2D eigenvalue weighted by Crippen LogP contribution is 2.38. The van der Waals surface area contributed by atoms with Gasteiger partial charge in [-0.1, -0.05) is 6.07 Å². The van der Waals surface area contributed by atoms with Crippen molar-refractivity contribution in [3.05, 3.63) is 18.2 Å². The lowest BCUT2D eigenvalue weighted by Crippen LogP contribution is -2.46. The second-order valence-electron chi connectivity index (χ2n) is 6.12. The van der Waals surface area contributed by atoms with E-state index in [0.717, 1.165) is 43.1 Å². The lowest BCUT2D eigenvalue weighted by Gasteiger charge is -2.34. The summed E-state index contributed by atoms with van der Waals surface area (Å²) >= 11 is 1.17. The molecule has 2 saturated heterocycles. The van der Waals surface area contributed by atoms with Crippen LogP contribution in [-0.4, -0.2) is 43.0 Å². The first kappa shape index (κ1) is 14.0. The van der Waals surface area contributed by atoms with Crippen LogP contribution in [-0.2, 0) is 16.1 Å². The minimum atomic E-state index is 0.0323. The molecule has 0 aliphatic carbocycles. The van der Waals surface area contributed by atoms with Gasteiger partial charge in [-0.25, -0.2) is 0 Å². The molecule has 7 heteroatoms. The molecule has 4 rings (SSSR count). The van der Waals surface area contributed by atoms with Gasteiger partial charge in [-0.2, -0.15) is 8.73 Å². The largest absolute Gasteiger partial charge is 0.323 e. The van der Waals surface area contributed by atoms with Crippen molar-refractivity contribution in [1.29, 1.82) is 0 Å². The maximum Gasteiger partial charge on any atom is 0.238 e. The summed E-state index contributed by atoms with van der Waals surface area (Å²) in [5.41, 5.74) is 2.37. The summed E-state index contributed by atoms with van der Waals surface area (Å²) in [5, 5.41) is 6.53. The average Bonchev–Trinajstić information content (AvgIpc) is 3.15. The Hall–Kier alpha value is -1.57. The summed E-state index contributed by atoms with van der Waals surface area (Å²) in [6.45, 7) is 3.59. The smallest absolute Gasteiger partial charge is 0.238 e. The minimum Gasteiger partial charge on any atom is -0.323 e. The van der Waals surface area contributed by atoms with Crippen LogP contribution in [0.25, 0.3) is 0 Å². The summed E-state index contributed by atoms with van der Waals surface area (Å²) in [6.07, 6.45) is 2.37. The first-order chi connectivity index (χ1) is 10.8. The van der Waals surface area contributed by atoms with Crippen LogP contribution in [0, 0.1) is 5.92 Å². The summed E-state index contributed by atoms with van der Waals surface area (Å²) < 4.78 is 8.46. The number of nitrogens with one attached hydrogen (secondary N) is 2. The van der Waals surface area contributed by atoms with E-state index in [9.17, 15) is 4.79 Å². The second kappa shape index (κ2) is 5.91. The first-order valence-corrected chi connectivity index (χ1v) is 8.49. The number of carbonyl (C=O) groups excluding carboxylic acids is 1. The van der Waals surface area contributed by atoms with E-state index in [1.807, 2.05) is 18.2 Å². The fraction of sp³-hybridized carbons (Fsp3) is 0.533. The third-order valence-corrected chi connectivity index (χ3v) is 5.21. The van der Waals surface area contributed by atoms with Gasteiger partial charge in [0.05, 0.1) is 23.6 Å². The Balaban J connectivity index is 1.37. The fourth-order valence-corrected chi connectivity index (χ4v) is 4.12. The monoisotopic (exact) mass is 317 g/mol. The number of nitrogens with zero attached hydrogens (tertiary/aromatic N) is 3. The highest BCUT2D eigenvalue weighted by atomic mass is 32.1. The van der Waals surface area contributed by atoms with Crippen LogP contribution in [0.1, 0.15) is 12.8 Å². The molecule has 2 unspecified atom stereocenters. The van der Waals surface area contributed by atoms with E-state index in [-0.39, 0.29) is 5.91 Å². The van der Waals surface area contributed by atoms with Crippen LogP contribution in [0.15, 0.2) is 26.9 Å². The number of anilines is 1. The Bertz CT molecular complexity index is 670. The molecule has 0 radical (unpaired) electrons. The topological polar surface area (TPSA) is 69.1 Å². The lowest BCUT2D eigenvalue weighted by atomic mass is 9.93. The van der Waals surface area contributed by atoms with Crippen LogP contribution in [0.3, 0.4) is 0 Å². The minimum absolute atomic E-state index is 0.0323. The fourth-order valence-electron chi connectivity index (χ4n) is 3.57. The Morgan fingerprint density at radius 3 is 3.32 bits per heavy atom. The highest BCUT2D eigenvalue weighted by Gasteiger charge is 2.33. The number of hydrogen-bond donors (Lipinski definition) is 2. The Morgan fingerprint density at radius 1 is 1.41 bits per heavy atom. The molecule has 3 aliphatic rings. The molecule has 1 aromatic rings. The van der Waals surface area contributed by atoms with Crippen molar-refractivity contribution in [3.8, 4) is 0 Å². The standard InChI is InChI=1S/C15H19N5OS/c21-14(9-20-7-5-11-10(8-20)4-6-16-11)17-12-2-1-3-13-15(12)19-22-18-13/h1-3,10-11,16H,4-9H2,(H,17,21). The number of rotatable bonds is 3. The van der Waals surface area contributed by atoms with Gasteiger partial charge in [0.1, 0.15) is 11.4 Å². The lowest BCUT2D eigenvalue weighted by molar-refractivity contribution is -0.117. The first-order valence-electron chi connectivity index (χ1n) is 7.76. The SMILES string of the molecule is O=C(CN1CCC2NCCC2C1)Nc1cccc2c1N=S=N2. The molecule has 1 amide bonds. The molecule has 0 bridgehead atoms. The summed E-state index contributed by atoms with van der Waals surface area (Å²) in [7, 11) is 0. The van der Waals surface area contributed by atoms with Crippen LogP contribution >= 0.6 is 0 Å². The van der Waals surface area contributed by atoms with Crippen molar-refractivity contribution < 1.29 is 4.79 Å². The Morgan fingerprint density at radius 2 is 2.36 bits per heavy atom. The second-order valence-corrected chi connectivity index (χ2v) is 6.65. The number of likely N-dealkylation sites (tertiary alicyclic amines) is 1. The van der Waals surface area contributed by atoms with E-state index >= 15 is 0 Å². The summed E-state index contributed by atoms with van der Waals surface area (Å²) in [5.74, 6) is 0.734. The van der Waals surface area contributed by atoms with Crippen LogP contribution < -0.4 is 10.6 Å². The quantitative estimate of drug-likeness (QED) is 0.910. The van der Waals surface area contributed by atoms with E-state index in [2.05, 4.69) is 24.3 Å². The third-order valence-electron chi connectivity index (χ3n) is 4.67. The van der Waals surface area contributed by atoms with E-state index in [1.54, 1.807) is 0 Å². The number of carbonyl (C=O) groups is 1. The van der Waals surface area contributed by atoms with Crippen molar-refractivity contribution in [3.63, 3.8) is 0 Å². The summed E-state index contributed by atoms with van der Waals surface area (Å²) in [6, 6.07) is 6.35. The van der Waals surface area contributed by atoms with Gasteiger partial charge < -0.3 is 10.6 Å². The van der Waals surface area contributed by atoms with Gasteiger partial charge in [0.15, 0.2) is 0 Å². The number of piperidine rings is 1. The van der Waals surface area contributed by atoms with E-state index in [1.165, 1.54) is 17.8 Å². The van der Waals surface area contributed by atoms with Crippen LogP contribution in [0.2, 0.25) is 0 Å². The summed E-state index contributed by atoms with van der Waals surface area (Å²) in [4.78, 5) is 14.6. The molecule has 6 nitrogen and oxygen atoms in total. The zero-order valence-corrected chi connectivity index (χ0v) is 13.1. The Kier molecular flexibility index (Phi) is 3.77. The molecule has 3 heterocycles. The van der Waals surface area contributed by atoms with E-state index in [0.29, 0.717) is 18.5 Å². The van der Waals surface area contributed by atoms with Crippen molar-refractivity contribution in [2.45, 2.75) is 18.9 Å². The maximum atomic E-state index is 12.3. The van der Waals surface area contributed by atoms with Gasteiger partial charge >= 0.3 is 0 Å². The van der Waals surface area contributed by atoms with Crippen molar-refractivity contribution in [1.82, 2.24) is 10.2 Å². The number of hydrogen-bond acceptors (Lipinski definition) is 5. The molecular formula is C15H19N5OS. The zero-order valence-electron chi connectivity index (χ0n) is 12.3. The van der Waals surface area contributed by atoms with Crippen molar-refractivity contribution in [2.75, 3.05) is 31.5 Å². The molecule has 2 N–H and O–H groups in total. The number of benzene rings is 1. The van der Waals surface area contributed by atoms with Gasteiger partial charge in [-0.3, -0.25) is 9.69 Å². The molecule has 0 saturated carbocycles. The molecule has 3 aliphatic heterocycles. The maximum absolute atomic E-state index is 12.3. The number of amides is 1. The highest BCUT2D eigenvalue weighted by molar-refractivity contribution is 7.58. The Labute approximate surface area is 133 Å². The van der Waals surface area contributed by atoms with E-state index in [4.69, 9.17) is 0 Å². The van der Waals surface area contributed by atoms with Gasteiger partial charge in [0, 0.05) is 19.1 Å². The van der Waals surface area contributed by atoms with Crippen molar-refractivity contribution in [2.24, 2.45) is 14.6 Å². The van der Waals surface area contributed by atoms with Crippen LogP contribution in [0.5, 0.6) is 0 Å². The van der Waals surface area contributed by atoms with Crippen LogP contribution in [0.4, 0.5) is 17.1 Å². The van der Waals surface area contributed by atoms with Gasteiger partial charge in [-0.15, -0.1) is 0 Å². The van der Waals surface area contributed by atoms with Crippen molar-refractivity contribution >= 4 is 34.3 Å². The molecule has 0 spiro atoms. The van der Waals surface area contributed by atoms with E-state index < -0.39 is 0 Å². The van der Waals surface area contributed by atoms with Gasteiger partial charge in [0.25, 0.3) is 0 Å². The number of fused-ring (bicyclic) bond motifs is 2. The molecule has 0 aromatic heterocycles. The molecular weight excluding hydrogens is 298 g/mol. The molecule has 22 heavy (non-hydrogen) atoms. The zero-order chi connectivity index (χ0) is 14.9. The normalized spacial score (nSPS) is 26.4. The third kappa shape index (κ3) is 2.71. The average molecular weight is 317 g/mol. The molecule has 2 atom stereocenters. The predicted octanol–water partition coefficient (Wildman–Crippen LogP) is 2.04. The van der Waals surface area contributed by atoms with Gasteiger partial charge in [0.2, 0.25) is 5.91 Å². The predicted molar refractivity (Wildman–Crippen MR) is 87.6 cm³/mol. The molecule has 1 aromatic carbocycles. The van der Waals surface area contributed by atoms with Gasteiger partial charge in [-0.05, 0) is 37.4 Å².